The minimum absolute atomic E-state index is 0. The number of nitrogens with zero attached hydrogens (tertiary/aromatic N) is 5. The van der Waals surface area contributed by atoms with Crippen LogP contribution in [0.1, 0.15) is 31.2 Å². The molecule has 0 bridgehead atoms. The van der Waals surface area contributed by atoms with Gasteiger partial charge in [0.2, 0.25) is 0 Å². The molecule has 0 spiro atoms. The van der Waals surface area contributed by atoms with E-state index in [4.69, 9.17) is 10.5 Å². The molecule has 0 radical (unpaired) electrons. The molecule has 0 unspecified atom stereocenters. The Hall–Kier alpha value is -4.63. The molecule has 6 aromatic rings. The molecule has 2 N–H and O–H groups in total. The fraction of sp³-hybridized carbons (Fsp3) is 0.184. The molecule has 6 rings (SSSR count). The molecule has 0 fully saturated rings. The van der Waals surface area contributed by atoms with Gasteiger partial charge in [0.1, 0.15) is 5.75 Å². The van der Waals surface area contributed by atoms with Crippen LogP contribution >= 0.6 is 0 Å². The second kappa shape index (κ2) is 21.2. The van der Waals surface area contributed by atoms with Crippen molar-refractivity contribution in [3.63, 3.8) is 0 Å². The van der Waals surface area contributed by atoms with Gasteiger partial charge in [-0.3, -0.25) is 19.9 Å². The maximum atomic E-state index is 5.79. The Labute approximate surface area is 285 Å². The van der Waals surface area contributed by atoms with E-state index >= 15 is 0 Å². The summed E-state index contributed by atoms with van der Waals surface area (Å²) >= 11 is 0. The first-order valence-electron chi connectivity index (χ1n) is 15.2. The number of aryl methyl sites for hydroxylation is 1. The van der Waals surface area contributed by atoms with Crippen LogP contribution in [-0.4, -0.2) is 38.1 Å². The molecule has 5 aromatic heterocycles. The van der Waals surface area contributed by atoms with Crippen molar-refractivity contribution in [3.8, 4) is 39.8 Å². The van der Waals surface area contributed by atoms with Crippen molar-refractivity contribution < 1.29 is 24.5 Å². The van der Waals surface area contributed by atoms with Gasteiger partial charge in [0, 0.05) is 31.0 Å². The second-order valence-electron chi connectivity index (χ2n) is 10.1. The van der Waals surface area contributed by atoms with Crippen LogP contribution in [-0.2, 0) is 19.8 Å². The molecule has 0 saturated heterocycles. The normalized spacial score (nSPS) is 9.87. The fourth-order valence-corrected chi connectivity index (χ4v) is 4.22. The quantitative estimate of drug-likeness (QED) is 0.111. The number of ether oxygens (including phenoxy) is 1. The van der Waals surface area contributed by atoms with Crippen LogP contribution in [0.25, 0.3) is 34.0 Å². The zero-order chi connectivity index (χ0) is 31.4. The average molecular weight is 786 g/mol. The summed E-state index contributed by atoms with van der Waals surface area (Å²) in [6.07, 6.45) is 13.4. The third-order valence-corrected chi connectivity index (χ3v) is 6.52. The smallest absolute Gasteiger partial charge is 0.494 e. The summed E-state index contributed by atoms with van der Waals surface area (Å²) in [6.45, 7) is 3.59. The zero-order valence-corrected chi connectivity index (χ0v) is 28.6. The van der Waals surface area contributed by atoms with Gasteiger partial charge in [0.25, 0.3) is 0 Å². The molecule has 0 atom stereocenters. The van der Waals surface area contributed by atoms with E-state index in [9.17, 15) is 0 Å². The molecule has 46 heavy (non-hydrogen) atoms. The monoisotopic (exact) mass is 787 g/mol. The Morgan fingerprint density at radius 1 is 0.565 bits per heavy atom. The summed E-state index contributed by atoms with van der Waals surface area (Å²) in [6, 6.07) is 36.3. The molecular formula is C38H39N6OOs+. The van der Waals surface area contributed by atoms with Gasteiger partial charge in [-0.1, -0.05) is 44.0 Å². The molecule has 234 valence electrons. The number of benzene rings is 1. The SMILES string of the molecule is Cc1cc[c-]c(-c2cc(OCCCCCCN)ccn2)c1.[Os+2].c1ccc(-c2ccccn2)nc1.c1ccc(-c2ccccn2)nc1. The third kappa shape index (κ3) is 12.8. The largest absolute Gasteiger partial charge is 2.00 e. The maximum absolute atomic E-state index is 5.79. The molecule has 5 heterocycles. The van der Waals surface area contributed by atoms with Gasteiger partial charge >= 0.3 is 19.8 Å². The van der Waals surface area contributed by atoms with Gasteiger partial charge in [-0.2, -0.15) is 0 Å². The van der Waals surface area contributed by atoms with Gasteiger partial charge < -0.3 is 15.5 Å². The van der Waals surface area contributed by atoms with Gasteiger partial charge in [-0.15, -0.1) is 35.4 Å². The van der Waals surface area contributed by atoms with Gasteiger partial charge in [0.15, 0.2) is 0 Å². The molecule has 0 saturated carbocycles. The van der Waals surface area contributed by atoms with E-state index in [0.717, 1.165) is 65.8 Å². The van der Waals surface area contributed by atoms with Crippen LogP contribution in [0.15, 0.2) is 134 Å². The maximum Gasteiger partial charge on any atom is 2.00 e. The van der Waals surface area contributed by atoms with Crippen LogP contribution in [0.4, 0.5) is 0 Å². The number of hydrogen-bond acceptors (Lipinski definition) is 7. The fourth-order valence-electron chi connectivity index (χ4n) is 4.22. The summed E-state index contributed by atoms with van der Waals surface area (Å²) in [4.78, 5) is 21.1. The molecular weight excluding hydrogens is 747 g/mol. The first-order valence-corrected chi connectivity index (χ1v) is 15.2. The summed E-state index contributed by atoms with van der Waals surface area (Å²) in [5.74, 6) is 0.869. The Bertz CT molecular complexity index is 1490. The van der Waals surface area contributed by atoms with Crippen LogP contribution in [0.2, 0.25) is 0 Å². The van der Waals surface area contributed by atoms with E-state index in [1.807, 2.05) is 97.1 Å². The minimum Gasteiger partial charge on any atom is -0.494 e. The Morgan fingerprint density at radius 2 is 1.07 bits per heavy atom. The van der Waals surface area contributed by atoms with Crippen molar-refractivity contribution in [2.24, 2.45) is 5.73 Å². The predicted molar refractivity (Wildman–Crippen MR) is 181 cm³/mol. The van der Waals surface area contributed by atoms with Gasteiger partial charge in [-0.05, 0) is 85.7 Å². The summed E-state index contributed by atoms with van der Waals surface area (Å²) in [5.41, 5.74) is 12.2. The van der Waals surface area contributed by atoms with Crippen LogP contribution in [0, 0.1) is 13.0 Å². The zero-order valence-electron chi connectivity index (χ0n) is 26.0. The van der Waals surface area contributed by atoms with Crippen molar-refractivity contribution in [2.45, 2.75) is 32.6 Å². The van der Waals surface area contributed by atoms with E-state index in [1.54, 1.807) is 31.0 Å². The van der Waals surface area contributed by atoms with Crippen molar-refractivity contribution in [1.82, 2.24) is 24.9 Å². The van der Waals surface area contributed by atoms with Crippen molar-refractivity contribution in [1.29, 1.82) is 0 Å². The Balaban J connectivity index is 0.000000197. The van der Waals surface area contributed by atoms with E-state index in [0.29, 0.717) is 0 Å². The summed E-state index contributed by atoms with van der Waals surface area (Å²) < 4.78 is 5.79. The van der Waals surface area contributed by atoms with Crippen molar-refractivity contribution in [2.75, 3.05) is 13.2 Å². The molecule has 1 aromatic carbocycles. The summed E-state index contributed by atoms with van der Waals surface area (Å²) in [7, 11) is 0. The first kappa shape index (κ1) is 35.8. The van der Waals surface area contributed by atoms with E-state index in [2.05, 4.69) is 44.0 Å². The van der Waals surface area contributed by atoms with Crippen LogP contribution < -0.4 is 10.5 Å². The molecule has 0 aliphatic heterocycles. The van der Waals surface area contributed by atoms with Crippen molar-refractivity contribution in [3.05, 3.63) is 146 Å². The predicted octanol–water partition coefficient (Wildman–Crippen LogP) is 8.04. The minimum atomic E-state index is 0. The van der Waals surface area contributed by atoms with Crippen LogP contribution in [0.5, 0.6) is 5.75 Å². The van der Waals surface area contributed by atoms with Gasteiger partial charge in [0.05, 0.1) is 29.4 Å². The average Bonchev–Trinajstić information content (AvgIpc) is 3.12. The Morgan fingerprint density at radius 3 is 1.52 bits per heavy atom. The van der Waals surface area contributed by atoms with Gasteiger partial charge in [-0.25, -0.2) is 0 Å². The van der Waals surface area contributed by atoms with Crippen LogP contribution in [0.3, 0.4) is 0 Å². The number of rotatable bonds is 10. The number of nitrogens with two attached hydrogens (primary N) is 1. The molecule has 0 amide bonds. The Kier molecular flexibility index (Phi) is 16.5. The first-order chi connectivity index (χ1) is 22.2. The molecule has 0 aliphatic carbocycles. The van der Waals surface area contributed by atoms with E-state index < -0.39 is 0 Å². The topological polar surface area (TPSA) is 99.7 Å². The summed E-state index contributed by atoms with van der Waals surface area (Å²) in [5, 5.41) is 0. The standard InChI is InChI=1S/C18H23N2O.2C10H8N2.Os/c1-15-7-6-8-16(13-15)18-14-17(9-11-20-18)21-12-5-3-2-4-10-19;2*1-3-7-11-9(5-1)10-6-2-4-8-12-10;/h6-7,9,11,13-14H,2-5,10,12,19H2,1H3;2*1-8H;/q-1;;;+2. The number of hydrogen-bond donors (Lipinski definition) is 1. The second-order valence-corrected chi connectivity index (χ2v) is 10.1. The van der Waals surface area contributed by atoms with E-state index in [-0.39, 0.29) is 19.8 Å². The molecule has 0 aliphatic rings. The number of unbranched alkanes of at least 4 members (excludes halogenated alkanes) is 3. The number of aromatic nitrogens is 5. The molecule has 8 heteroatoms. The third-order valence-electron chi connectivity index (χ3n) is 6.52. The molecule has 7 nitrogen and oxygen atoms in total. The number of pyridine rings is 5. The van der Waals surface area contributed by atoms with E-state index in [1.165, 1.54) is 18.4 Å². The van der Waals surface area contributed by atoms with Crippen molar-refractivity contribution >= 4 is 0 Å².